The molecule has 3 fully saturated rings. The molecule has 0 aromatic rings. The van der Waals surface area contributed by atoms with E-state index in [4.69, 9.17) is 25.8 Å². The van der Waals surface area contributed by atoms with Crippen molar-refractivity contribution in [1.29, 1.82) is 0 Å². The highest BCUT2D eigenvalue weighted by Crippen LogP contribution is 2.55. The Morgan fingerprint density at radius 1 is 1.43 bits per heavy atom. The first-order valence-corrected chi connectivity index (χ1v) is 7.78. The van der Waals surface area contributed by atoms with Crippen LogP contribution in [0, 0.1) is 5.92 Å². The van der Waals surface area contributed by atoms with Crippen LogP contribution in [0.5, 0.6) is 0 Å². The van der Waals surface area contributed by atoms with Gasteiger partial charge in [-0.05, 0) is 33.1 Å². The smallest absolute Gasteiger partial charge is 0.414 e. The minimum atomic E-state index is -0.729. The molecule has 7 heteroatoms. The molecule has 4 atom stereocenters. The molecule has 2 saturated heterocycles. The number of rotatable bonds is 3. The minimum Gasteiger partial charge on any atom is -0.446 e. The fraction of sp³-hybridized carbons (Fsp3) is 0.857. The molecule has 1 N–H and O–H groups in total. The minimum absolute atomic E-state index is 0.0826. The van der Waals surface area contributed by atoms with Crippen LogP contribution in [0.1, 0.15) is 33.1 Å². The maximum atomic E-state index is 11.6. The number of imide groups is 1. The van der Waals surface area contributed by atoms with E-state index < -0.39 is 12.0 Å². The lowest BCUT2D eigenvalue weighted by atomic mass is 9.74. The third-order valence-corrected chi connectivity index (χ3v) is 4.90. The van der Waals surface area contributed by atoms with Crippen molar-refractivity contribution in [3.8, 4) is 0 Å². The fourth-order valence-corrected chi connectivity index (χ4v) is 3.42. The predicted molar refractivity (Wildman–Crippen MR) is 74.1 cm³/mol. The Labute approximate surface area is 128 Å². The van der Waals surface area contributed by atoms with E-state index in [1.54, 1.807) is 0 Å². The van der Waals surface area contributed by atoms with Gasteiger partial charge in [-0.1, -0.05) is 0 Å². The molecular weight excluding hydrogens is 298 g/mol. The lowest BCUT2D eigenvalue weighted by molar-refractivity contribution is -0.118. The zero-order valence-electron chi connectivity index (χ0n) is 12.2. The molecule has 3 aliphatic rings. The van der Waals surface area contributed by atoms with Crippen LogP contribution in [0.4, 0.5) is 4.79 Å². The van der Waals surface area contributed by atoms with Crippen LogP contribution < -0.4 is 5.32 Å². The van der Waals surface area contributed by atoms with E-state index in [0.717, 1.165) is 19.4 Å². The number of alkyl halides is 1. The van der Waals surface area contributed by atoms with Gasteiger partial charge in [0.25, 0.3) is 0 Å². The van der Waals surface area contributed by atoms with Crippen molar-refractivity contribution in [3.63, 3.8) is 0 Å². The third kappa shape index (κ3) is 3.03. The summed E-state index contributed by atoms with van der Waals surface area (Å²) >= 11 is 5.34. The monoisotopic (exact) mass is 317 g/mol. The number of carbonyl (C=O) groups excluding carboxylic acids is 2. The Balaban J connectivity index is 1.57. The number of hydrogen-bond donors (Lipinski definition) is 1. The SMILES string of the molecule is CC1(C)OC1[C@H]1C[C@H](OC(=O)NC(=O)CCl)CCC12CO2. The maximum Gasteiger partial charge on any atom is 0.414 e. The second-order valence-electron chi connectivity index (χ2n) is 6.59. The van der Waals surface area contributed by atoms with Crippen molar-refractivity contribution < 1.29 is 23.8 Å². The highest BCUT2D eigenvalue weighted by molar-refractivity contribution is 6.28. The molecule has 2 aliphatic heterocycles. The maximum absolute atomic E-state index is 11.6. The lowest BCUT2D eigenvalue weighted by Crippen LogP contribution is -2.43. The van der Waals surface area contributed by atoms with Crippen molar-refractivity contribution in [2.24, 2.45) is 5.92 Å². The third-order valence-electron chi connectivity index (χ3n) is 4.66. The number of halogens is 1. The number of alkyl carbamates (subject to hydrolysis) is 1. The zero-order valence-corrected chi connectivity index (χ0v) is 12.9. The van der Waals surface area contributed by atoms with E-state index in [1.807, 2.05) is 0 Å². The molecule has 0 radical (unpaired) electrons. The number of hydrogen-bond acceptors (Lipinski definition) is 5. The van der Waals surface area contributed by atoms with Crippen LogP contribution in [0.2, 0.25) is 0 Å². The molecule has 0 aromatic carbocycles. The van der Waals surface area contributed by atoms with E-state index in [9.17, 15) is 9.59 Å². The van der Waals surface area contributed by atoms with Gasteiger partial charge in [-0.15, -0.1) is 11.6 Å². The summed E-state index contributed by atoms with van der Waals surface area (Å²) in [5.41, 5.74) is -0.205. The number of amides is 2. The van der Waals surface area contributed by atoms with Crippen molar-refractivity contribution in [2.75, 3.05) is 12.5 Å². The summed E-state index contributed by atoms with van der Waals surface area (Å²) in [4.78, 5) is 22.7. The molecule has 0 aromatic heterocycles. The summed E-state index contributed by atoms with van der Waals surface area (Å²) in [5, 5.41) is 2.09. The van der Waals surface area contributed by atoms with Crippen molar-refractivity contribution in [1.82, 2.24) is 5.32 Å². The molecular formula is C14H20ClNO5. The van der Waals surface area contributed by atoms with Crippen LogP contribution in [-0.2, 0) is 19.0 Å². The molecule has 21 heavy (non-hydrogen) atoms. The normalized spacial score (nSPS) is 39.7. The summed E-state index contributed by atoms with van der Waals surface area (Å²) in [6, 6.07) is 0. The van der Waals surface area contributed by atoms with Gasteiger partial charge >= 0.3 is 6.09 Å². The molecule has 6 nitrogen and oxygen atoms in total. The van der Waals surface area contributed by atoms with Crippen molar-refractivity contribution in [2.45, 2.75) is 56.5 Å². The van der Waals surface area contributed by atoms with Crippen molar-refractivity contribution in [3.05, 3.63) is 0 Å². The standard InChI is InChI=1S/C14H20ClNO5/c1-13(2)11(21-13)9-5-8(3-4-14(9)7-19-14)20-12(18)16-10(17)6-15/h8-9,11H,3-7H2,1-2H3,(H,16,17,18)/t8-,9-,11?,14?/m1/s1. The molecule has 0 bridgehead atoms. The Bertz CT molecular complexity index is 462. The molecule has 1 spiro atoms. The molecule has 3 rings (SSSR count). The van der Waals surface area contributed by atoms with Gasteiger partial charge in [0.1, 0.15) is 12.0 Å². The number of epoxide rings is 2. The highest BCUT2D eigenvalue weighted by atomic mass is 35.5. The Morgan fingerprint density at radius 2 is 2.10 bits per heavy atom. The van der Waals surface area contributed by atoms with Crippen LogP contribution in [0.25, 0.3) is 0 Å². The number of carbonyl (C=O) groups is 2. The van der Waals surface area contributed by atoms with Crippen molar-refractivity contribution >= 4 is 23.6 Å². The molecule has 2 amide bonds. The second kappa shape index (κ2) is 5.11. The summed E-state index contributed by atoms with van der Waals surface area (Å²) in [5.74, 6) is -0.575. The first-order valence-electron chi connectivity index (χ1n) is 7.24. The number of nitrogens with one attached hydrogen (secondary N) is 1. The van der Waals surface area contributed by atoms with Gasteiger partial charge in [-0.25, -0.2) is 4.79 Å². The van der Waals surface area contributed by atoms with Gasteiger partial charge in [-0.3, -0.25) is 10.1 Å². The Kier molecular flexibility index (Phi) is 3.66. The fourth-order valence-electron chi connectivity index (χ4n) is 3.35. The van der Waals surface area contributed by atoms with Crippen LogP contribution in [0.3, 0.4) is 0 Å². The summed E-state index contributed by atoms with van der Waals surface area (Å²) in [6.45, 7) is 4.88. The quantitative estimate of drug-likeness (QED) is 0.631. The molecule has 2 unspecified atom stereocenters. The topological polar surface area (TPSA) is 80.5 Å². The summed E-state index contributed by atoms with van der Waals surface area (Å²) in [7, 11) is 0. The zero-order chi connectivity index (χ0) is 15.3. The molecule has 118 valence electrons. The van der Waals surface area contributed by atoms with E-state index in [1.165, 1.54) is 0 Å². The molecule has 2 heterocycles. The molecule has 1 aliphatic carbocycles. The Hall–Kier alpha value is -0.850. The van der Waals surface area contributed by atoms with E-state index in [-0.39, 0.29) is 35.2 Å². The first kappa shape index (κ1) is 15.1. The van der Waals surface area contributed by atoms with Gasteiger partial charge < -0.3 is 14.2 Å². The van der Waals surface area contributed by atoms with E-state index in [0.29, 0.717) is 6.42 Å². The first-order chi connectivity index (χ1) is 9.86. The van der Waals surface area contributed by atoms with Gasteiger partial charge in [-0.2, -0.15) is 0 Å². The average molecular weight is 318 g/mol. The average Bonchev–Trinajstić information content (AvgIpc) is 3.31. The van der Waals surface area contributed by atoms with Gasteiger partial charge in [0, 0.05) is 5.92 Å². The second-order valence-corrected chi connectivity index (χ2v) is 6.85. The largest absolute Gasteiger partial charge is 0.446 e. The van der Waals surface area contributed by atoms with Crippen LogP contribution >= 0.6 is 11.6 Å². The van der Waals surface area contributed by atoms with Gasteiger partial charge in [0.15, 0.2) is 0 Å². The van der Waals surface area contributed by atoms with E-state index in [2.05, 4.69) is 19.2 Å². The highest BCUT2D eigenvalue weighted by Gasteiger charge is 2.65. The van der Waals surface area contributed by atoms with Crippen LogP contribution in [-0.4, -0.2) is 47.9 Å². The van der Waals surface area contributed by atoms with Gasteiger partial charge in [0.05, 0.1) is 23.9 Å². The Morgan fingerprint density at radius 3 is 2.62 bits per heavy atom. The predicted octanol–water partition coefficient (Wildman–Crippen LogP) is 1.59. The molecule has 1 saturated carbocycles. The number of ether oxygens (including phenoxy) is 3. The van der Waals surface area contributed by atoms with Gasteiger partial charge in [0.2, 0.25) is 5.91 Å². The van der Waals surface area contributed by atoms with Crippen LogP contribution in [0.15, 0.2) is 0 Å². The van der Waals surface area contributed by atoms with E-state index >= 15 is 0 Å². The summed E-state index contributed by atoms with van der Waals surface area (Å²) < 4.78 is 16.7. The summed E-state index contributed by atoms with van der Waals surface area (Å²) in [6.07, 6.45) is 1.51. The lowest BCUT2D eigenvalue weighted by Gasteiger charge is -2.33.